The third-order valence-corrected chi connectivity index (χ3v) is 3.44. The van der Waals surface area contributed by atoms with E-state index in [1.165, 1.54) is 25.9 Å². The van der Waals surface area contributed by atoms with Crippen LogP contribution in [-0.4, -0.2) is 37.1 Å². The topological polar surface area (TPSA) is 15.3 Å². The second kappa shape index (κ2) is 6.15. The number of rotatable bonds is 4. The van der Waals surface area contributed by atoms with Crippen LogP contribution < -0.4 is 5.32 Å². The first-order valence-electron chi connectivity index (χ1n) is 6.08. The zero-order valence-corrected chi connectivity index (χ0v) is 10.3. The lowest BCUT2D eigenvalue weighted by Gasteiger charge is -2.34. The van der Waals surface area contributed by atoms with Crippen LogP contribution in [0.15, 0.2) is 0 Å². The Balaban J connectivity index is 2.38. The van der Waals surface area contributed by atoms with Gasteiger partial charge in [0.1, 0.15) is 0 Å². The summed E-state index contributed by atoms with van der Waals surface area (Å²) in [6, 6.07) is 0.779. The number of likely N-dealkylation sites (tertiary alicyclic amines) is 1. The maximum atomic E-state index is 5.47. The lowest BCUT2D eigenvalue weighted by molar-refractivity contribution is 0.176. The normalized spacial score (nSPS) is 26.9. The standard InChI is InChI=1S/C13H24N2/c1-5-13(6-2)14-11(3)12-8-7-9-15(4)10-12/h1,11-14H,6-10H2,2-4H3. The Morgan fingerprint density at radius 1 is 1.60 bits per heavy atom. The molecule has 0 saturated carbocycles. The van der Waals surface area contributed by atoms with Crippen molar-refractivity contribution in [2.45, 2.75) is 45.2 Å². The van der Waals surface area contributed by atoms with Crippen molar-refractivity contribution in [2.75, 3.05) is 20.1 Å². The van der Waals surface area contributed by atoms with Crippen LogP contribution in [0.5, 0.6) is 0 Å². The first-order valence-corrected chi connectivity index (χ1v) is 6.08. The Labute approximate surface area is 94.4 Å². The number of piperidine rings is 1. The maximum Gasteiger partial charge on any atom is 0.0686 e. The molecule has 2 nitrogen and oxygen atoms in total. The van der Waals surface area contributed by atoms with Crippen molar-refractivity contribution in [1.82, 2.24) is 10.2 Å². The zero-order chi connectivity index (χ0) is 11.3. The number of nitrogens with zero attached hydrogens (tertiary/aromatic N) is 1. The Morgan fingerprint density at radius 3 is 2.87 bits per heavy atom. The molecule has 3 unspecified atom stereocenters. The molecule has 1 heterocycles. The lowest BCUT2D eigenvalue weighted by Crippen LogP contribution is -2.46. The van der Waals surface area contributed by atoms with E-state index in [9.17, 15) is 0 Å². The fourth-order valence-corrected chi connectivity index (χ4v) is 2.35. The van der Waals surface area contributed by atoms with E-state index in [1.807, 2.05) is 0 Å². The van der Waals surface area contributed by atoms with Crippen molar-refractivity contribution < 1.29 is 0 Å². The van der Waals surface area contributed by atoms with Crippen LogP contribution in [0.3, 0.4) is 0 Å². The van der Waals surface area contributed by atoms with Crippen LogP contribution in [0, 0.1) is 18.3 Å². The van der Waals surface area contributed by atoms with Crippen molar-refractivity contribution in [1.29, 1.82) is 0 Å². The SMILES string of the molecule is C#CC(CC)NC(C)C1CCCN(C)C1. The second-order valence-electron chi connectivity index (χ2n) is 4.75. The van der Waals surface area contributed by atoms with E-state index < -0.39 is 0 Å². The minimum Gasteiger partial charge on any atom is -0.306 e. The fraction of sp³-hybridized carbons (Fsp3) is 0.846. The Morgan fingerprint density at radius 2 is 2.33 bits per heavy atom. The van der Waals surface area contributed by atoms with Crippen LogP contribution in [-0.2, 0) is 0 Å². The van der Waals surface area contributed by atoms with Crippen LogP contribution in [0.2, 0.25) is 0 Å². The van der Waals surface area contributed by atoms with Gasteiger partial charge in [-0.3, -0.25) is 0 Å². The minimum absolute atomic E-state index is 0.243. The summed E-state index contributed by atoms with van der Waals surface area (Å²) in [5.41, 5.74) is 0. The lowest BCUT2D eigenvalue weighted by atomic mass is 9.91. The van der Waals surface area contributed by atoms with Crippen LogP contribution in [0.25, 0.3) is 0 Å². The number of hydrogen-bond acceptors (Lipinski definition) is 2. The minimum atomic E-state index is 0.243. The molecular formula is C13H24N2. The summed E-state index contributed by atoms with van der Waals surface area (Å²) in [7, 11) is 2.21. The molecule has 3 atom stereocenters. The average molecular weight is 208 g/mol. The quantitative estimate of drug-likeness (QED) is 0.708. The summed E-state index contributed by atoms with van der Waals surface area (Å²) in [5, 5.41) is 3.54. The van der Waals surface area contributed by atoms with Gasteiger partial charge < -0.3 is 10.2 Å². The number of hydrogen-bond donors (Lipinski definition) is 1. The highest BCUT2D eigenvalue weighted by Gasteiger charge is 2.23. The molecule has 0 bridgehead atoms. The molecule has 0 aromatic carbocycles. The number of terminal acetylenes is 1. The van der Waals surface area contributed by atoms with Gasteiger partial charge in [-0.15, -0.1) is 6.42 Å². The summed E-state index contributed by atoms with van der Waals surface area (Å²) in [6.07, 6.45) is 9.14. The second-order valence-corrected chi connectivity index (χ2v) is 4.75. The van der Waals surface area contributed by atoms with E-state index >= 15 is 0 Å². The molecule has 1 aliphatic rings. The van der Waals surface area contributed by atoms with Gasteiger partial charge in [0, 0.05) is 12.6 Å². The van der Waals surface area contributed by atoms with Gasteiger partial charge in [0.15, 0.2) is 0 Å². The van der Waals surface area contributed by atoms with Crippen molar-refractivity contribution in [2.24, 2.45) is 5.92 Å². The summed E-state index contributed by atoms with van der Waals surface area (Å²) in [5.74, 6) is 3.56. The molecule has 2 heteroatoms. The average Bonchev–Trinajstić information content (AvgIpc) is 2.25. The third kappa shape index (κ3) is 3.85. The molecular weight excluding hydrogens is 184 g/mol. The smallest absolute Gasteiger partial charge is 0.0686 e. The highest BCUT2D eigenvalue weighted by atomic mass is 15.1. The summed E-state index contributed by atoms with van der Waals surface area (Å²) >= 11 is 0. The summed E-state index contributed by atoms with van der Waals surface area (Å²) in [4.78, 5) is 2.42. The molecule has 0 aromatic rings. The Bertz CT molecular complexity index is 219. The molecule has 0 radical (unpaired) electrons. The molecule has 1 rings (SSSR count). The fourth-order valence-electron chi connectivity index (χ4n) is 2.35. The highest BCUT2D eigenvalue weighted by Crippen LogP contribution is 2.18. The molecule has 0 spiro atoms. The van der Waals surface area contributed by atoms with Gasteiger partial charge in [0.05, 0.1) is 6.04 Å². The van der Waals surface area contributed by atoms with E-state index in [2.05, 4.69) is 37.0 Å². The first-order chi connectivity index (χ1) is 7.17. The van der Waals surface area contributed by atoms with Gasteiger partial charge >= 0.3 is 0 Å². The largest absolute Gasteiger partial charge is 0.306 e. The summed E-state index contributed by atoms with van der Waals surface area (Å²) < 4.78 is 0. The van der Waals surface area contributed by atoms with Crippen molar-refractivity contribution in [3.63, 3.8) is 0 Å². The van der Waals surface area contributed by atoms with Gasteiger partial charge in [-0.25, -0.2) is 0 Å². The summed E-state index contributed by atoms with van der Waals surface area (Å²) in [6.45, 7) is 6.85. The maximum absolute atomic E-state index is 5.47. The Hall–Kier alpha value is -0.520. The van der Waals surface area contributed by atoms with Gasteiger partial charge in [0.25, 0.3) is 0 Å². The molecule has 1 fully saturated rings. The van der Waals surface area contributed by atoms with Crippen molar-refractivity contribution in [3.05, 3.63) is 0 Å². The van der Waals surface area contributed by atoms with Crippen molar-refractivity contribution in [3.8, 4) is 12.3 Å². The predicted molar refractivity (Wildman–Crippen MR) is 65.7 cm³/mol. The van der Waals surface area contributed by atoms with Gasteiger partial charge in [-0.1, -0.05) is 12.8 Å². The van der Waals surface area contributed by atoms with Crippen LogP contribution in [0.4, 0.5) is 0 Å². The molecule has 86 valence electrons. The van der Waals surface area contributed by atoms with Gasteiger partial charge in [0.2, 0.25) is 0 Å². The predicted octanol–water partition coefficient (Wildman–Crippen LogP) is 1.72. The first kappa shape index (κ1) is 12.5. The van der Waals surface area contributed by atoms with E-state index in [4.69, 9.17) is 6.42 Å². The molecule has 1 saturated heterocycles. The van der Waals surface area contributed by atoms with Crippen molar-refractivity contribution >= 4 is 0 Å². The van der Waals surface area contributed by atoms with Gasteiger partial charge in [-0.2, -0.15) is 0 Å². The molecule has 0 amide bonds. The number of nitrogens with one attached hydrogen (secondary N) is 1. The molecule has 15 heavy (non-hydrogen) atoms. The molecule has 0 aromatic heterocycles. The molecule has 1 aliphatic heterocycles. The highest BCUT2D eigenvalue weighted by molar-refractivity contribution is 4.99. The van der Waals surface area contributed by atoms with Crippen LogP contribution >= 0.6 is 0 Å². The van der Waals surface area contributed by atoms with E-state index in [0.717, 1.165) is 12.3 Å². The van der Waals surface area contributed by atoms with Gasteiger partial charge in [-0.05, 0) is 45.7 Å². The van der Waals surface area contributed by atoms with E-state index in [0.29, 0.717) is 6.04 Å². The van der Waals surface area contributed by atoms with E-state index in [1.54, 1.807) is 0 Å². The van der Waals surface area contributed by atoms with Crippen LogP contribution in [0.1, 0.15) is 33.1 Å². The monoisotopic (exact) mass is 208 g/mol. The zero-order valence-electron chi connectivity index (χ0n) is 10.3. The molecule has 0 aliphatic carbocycles. The van der Waals surface area contributed by atoms with E-state index in [-0.39, 0.29) is 6.04 Å². The molecule has 1 N–H and O–H groups in total. The Kier molecular flexibility index (Phi) is 5.14. The third-order valence-electron chi connectivity index (χ3n) is 3.44.